The zero-order valence-electron chi connectivity index (χ0n) is 9.16. The average molecular weight is 195 g/mol. The lowest BCUT2D eigenvalue weighted by Gasteiger charge is -2.20. The average Bonchev–Trinajstić information content (AvgIpc) is 2.45. The Labute approximate surface area is 84.1 Å². The second kappa shape index (κ2) is 3.53. The molecule has 1 aromatic heterocycles. The van der Waals surface area contributed by atoms with Crippen LogP contribution in [0.1, 0.15) is 29.9 Å². The van der Waals surface area contributed by atoms with Crippen molar-refractivity contribution >= 4 is 5.78 Å². The summed E-state index contributed by atoms with van der Waals surface area (Å²) >= 11 is 0. The van der Waals surface area contributed by atoms with Crippen LogP contribution in [0.5, 0.6) is 0 Å². The molecule has 0 fully saturated rings. The van der Waals surface area contributed by atoms with Gasteiger partial charge in [0.15, 0.2) is 5.78 Å². The smallest absolute Gasteiger partial charge is 0.187 e. The number of ketones is 1. The zero-order chi connectivity index (χ0) is 10.9. The van der Waals surface area contributed by atoms with Gasteiger partial charge in [0, 0.05) is 19.0 Å². The van der Waals surface area contributed by atoms with Crippen molar-refractivity contribution in [2.75, 3.05) is 6.54 Å². The van der Waals surface area contributed by atoms with Gasteiger partial charge in [-0.3, -0.25) is 9.48 Å². The SMILES string of the molecule is Cc1cnn(C)c1C(=O)C(C)(C)CN. The largest absolute Gasteiger partial charge is 0.329 e. The lowest BCUT2D eigenvalue weighted by atomic mass is 9.85. The monoisotopic (exact) mass is 195 g/mol. The van der Waals surface area contributed by atoms with Gasteiger partial charge < -0.3 is 5.73 Å². The molecule has 0 spiro atoms. The fourth-order valence-corrected chi connectivity index (χ4v) is 1.29. The molecule has 2 N–H and O–H groups in total. The van der Waals surface area contributed by atoms with Crippen LogP contribution in [0, 0.1) is 12.3 Å². The molecule has 1 aromatic rings. The molecule has 0 aliphatic heterocycles. The molecule has 0 unspecified atom stereocenters. The lowest BCUT2D eigenvalue weighted by molar-refractivity contribution is 0.0836. The standard InChI is InChI=1S/C10H17N3O/c1-7-5-12-13(4)8(7)9(14)10(2,3)6-11/h5H,6,11H2,1-4H3. The molecular formula is C10H17N3O. The molecule has 4 heteroatoms. The lowest BCUT2D eigenvalue weighted by Crippen LogP contribution is -2.34. The zero-order valence-corrected chi connectivity index (χ0v) is 9.16. The van der Waals surface area contributed by atoms with Gasteiger partial charge in [0.2, 0.25) is 0 Å². The van der Waals surface area contributed by atoms with Gasteiger partial charge in [0.1, 0.15) is 5.69 Å². The van der Waals surface area contributed by atoms with E-state index in [1.807, 2.05) is 20.8 Å². The van der Waals surface area contributed by atoms with E-state index < -0.39 is 5.41 Å². The minimum atomic E-state index is -0.515. The van der Waals surface area contributed by atoms with Crippen LogP contribution in [-0.4, -0.2) is 22.1 Å². The number of nitrogens with two attached hydrogens (primary N) is 1. The quantitative estimate of drug-likeness (QED) is 0.729. The van der Waals surface area contributed by atoms with Crippen molar-refractivity contribution in [3.8, 4) is 0 Å². The van der Waals surface area contributed by atoms with E-state index in [1.165, 1.54) is 0 Å². The fourth-order valence-electron chi connectivity index (χ4n) is 1.29. The molecule has 0 aromatic carbocycles. The summed E-state index contributed by atoms with van der Waals surface area (Å²) in [5, 5.41) is 4.04. The molecule has 0 atom stereocenters. The van der Waals surface area contributed by atoms with Crippen molar-refractivity contribution in [3.63, 3.8) is 0 Å². The highest BCUT2D eigenvalue weighted by molar-refractivity contribution is 5.99. The van der Waals surface area contributed by atoms with Gasteiger partial charge in [0.25, 0.3) is 0 Å². The fraction of sp³-hybridized carbons (Fsp3) is 0.600. The first-order chi connectivity index (χ1) is 6.40. The number of Topliss-reactive ketones (excluding diaryl/α,β-unsaturated/α-hetero) is 1. The maximum Gasteiger partial charge on any atom is 0.187 e. The Balaban J connectivity index is 3.13. The molecule has 0 radical (unpaired) electrons. The van der Waals surface area contributed by atoms with Gasteiger partial charge in [0.05, 0.1) is 6.20 Å². The van der Waals surface area contributed by atoms with Crippen LogP contribution in [0.25, 0.3) is 0 Å². The van der Waals surface area contributed by atoms with Crippen molar-refractivity contribution in [1.82, 2.24) is 9.78 Å². The maximum absolute atomic E-state index is 12.1. The normalized spacial score (nSPS) is 11.8. The third kappa shape index (κ3) is 1.70. The van der Waals surface area contributed by atoms with Crippen LogP contribution in [0.4, 0.5) is 0 Å². The minimum absolute atomic E-state index is 0.0532. The summed E-state index contributed by atoms with van der Waals surface area (Å²) in [6, 6.07) is 0. The van der Waals surface area contributed by atoms with E-state index in [4.69, 9.17) is 5.73 Å². The van der Waals surface area contributed by atoms with Gasteiger partial charge >= 0.3 is 0 Å². The summed E-state index contributed by atoms with van der Waals surface area (Å²) in [5.41, 5.74) is 6.60. The van der Waals surface area contributed by atoms with E-state index in [-0.39, 0.29) is 5.78 Å². The van der Waals surface area contributed by atoms with Crippen LogP contribution in [0.2, 0.25) is 0 Å². The number of nitrogens with zero attached hydrogens (tertiary/aromatic N) is 2. The van der Waals surface area contributed by atoms with E-state index in [1.54, 1.807) is 17.9 Å². The molecule has 0 aliphatic rings. The molecule has 14 heavy (non-hydrogen) atoms. The second-order valence-corrected chi connectivity index (χ2v) is 4.22. The van der Waals surface area contributed by atoms with E-state index in [0.29, 0.717) is 12.2 Å². The highest BCUT2D eigenvalue weighted by Gasteiger charge is 2.30. The number of hydrogen-bond donors (Lipinski definition) is 1. The summed E-state index contributed by atoms with van der Waals surface area (Å²) < 4.78 is 1.61. The van der Waals surface area contributed by atoms with Gasteiger partial charge in [-0.15, -0.1) is 0 Å². The highest BCUT2D eigenvalue weighted by atomic mass is 16.1. The maximum atomic E-state index is 12.1. The number of aromatic nitrogens is 2. The van der Waals surface area contributed by atoms with E-state index in [0.717, 1.165) is 5.56 Å². The first kappa shape index (κ1) is 10.9. The molecule has 0 saturated carbocycles. The van der Waals surface area contributed by atoms with E-state index in [2.05, 4.69) is 5.10 Å². The van der Waals surface area contributed by atoms with Crippen molar-refractivity contribution in [2.24, 2.45) is 18.2 Å². The second-order valence-electron chi connectivity index (χ2n) is 4.22. The van der Waals surface area contributed by atoms with Gasteiger partial charge in [-0.2, -0.15) is 5.10 Å². The highest BCUT2D eigenvalue weighted by Crippen LogP contribution is 2.21. The number of aryl methyl sites for hydroxylation is 2. The predicted molar refractivity (Wildman–Crippen MR) is 55.1 cm³/mol. The first-order valence-electron chi connectivity index (χ1n) is 4.63. The Bertz CT molecular complexity index is 333. The molecular weight excluding hydrogens is 178 g/mol. The summed E-state index contributed by atoms with van der Waals surface area (Å²) in [5.74, 6) is 0.0532. The molecule has 0 saturated heterocycles. The molecule has 0 bridgehead atoms. The number of carbonyl (C=O) groups excluding carboxylic acids is 1. The topological polar surface area (TPSA) is 60.9 Å². The third-order valence-corrected chi connectivity index (χ3v) is 2.46. The summed E-state index contributed by atoms with van der Waals surface area (Å²) in [4.78, 5) is 12.1. The van der Waals surface area contributed by atoms with Gasteiger partial charge in [-0.1, -0.05) is 13.8 Å². The Morgan fingerprint density at radius 3 is 2.57 bits per heavy atom. The Kier molecular flexibility index (Phi) is 2.76. The number of rotatable bonds is 3. The summed E-state index contributed by atoms with van der Waals surface area (Å²) in [6.45, 7) is 5.92. The van der Waals surface area contributed by atoms with Crippen LogP contribution >= 0.6 is 0 Å². The Morgan fingerprint density at radius 1 is 1.64 bits per heavy atom. The molecule has 0 amide bonds. The Hall–Kier alpha value is -1.16. The van der Waals surface area contributed by atoms with Crippen molar-refractivity contribution < 1.29 is 4.79 Å². The molecule has 78 valence electrons. The van der Waals surface area contributed by atoms with Crippen molar-refractivity contribution in [1.29, 1.82) is 0 Å². The number of carbonyl (C=O) groups is 1. The minimum Gasteiger partial charge on any atom is -0.329 e. The van der Waals surface area contributed by atoms with Crippen LogP contribution in [-0.2, 0) is 7.05 Å². The predicted octanol–water partition coefficient (Wildman–Crippen LogP) is 0.896. The molecule has 1 rings (SSSR count). The summed E-state index contributed by atoms with van der Waals surface area (Å²) in [6.07, 6.45) is 1.69. The van der Waals surface area contributed by atoms with Gasteiger partial charge in [-0.05, 0) is 12.5 Å². The van der Waals surface area contributed by atoms with Crippen LogP contribution in [0.3, 0.4) is 0 Å². The first-order valence-corrected chi connectivity index (χ1v) is 4.63. The molecule has 1 heterocycles. The van der Waals surface area contributed by atoms with Crippen LogP contribution < -0.4 is 5.73 Å². The van der Waals surface area contributed by atoms with E-state index in [9.17, 15) is 4.79 Å². The van der Waals surface area contributed by atoms with E-state index >= 15 is 0 Å². The van der Waals surface area contributed by atoms with Crippen LogP contribution in [0.15, 0.2) is 6.20 Å². The van der Waals surface area contributed by atoms with Crippen molar-refractivity contribution in [2.45, 2.75) is 20.8 Å². The Morgan fingerprint density at radius 2 is 2.21 bits per heavy atom. The van der Waals surface area contributed by atoms with Crippen molar-refractivity contribution in [3.05, 3.63) is 17.5 Å². The molecule has 0 aliphatic carbocycles. The summed E-state index contributed by atoms with van der Waals surface area (Å²) in [7, 11) is 1.77. The third-order valence-electron chi connectivity index (χ3n) is 2.46. The molecule has 4 nitrogen and oxygen atoms in total. The number of hydrogen-bond acceptors (Lipinski definition) is 3. The van der Waals surface area contributed by atoms with Gasteiger partial charge in [-0.25, -0.2) is 0 Å².